The number of aromatic nitrogens is 1. The Hall–Kier alpha value is -2.30. The molecule has 4 saturated carbocycles. The molecule has 0 unspecified atom stereocenters. The molecule has 5 aliphatic rings. The van der Waals surface area contributed by atoms with Crippen LogP contribution in [-0.4, -0.2) is 40.1 Å². The second-order valence-electron chi connectivity index (χ2n) is 10.0. The Morgan fingerprint density at radius 1 is 1.24 bits per heavy atom. The summed E-state index contributed by atoms with van der Waals surface area (Å²) in [5.74, 6) is 1.17. The number of fused-ring (bicyclic) bond motifs is 1. The molecule has 4 fully saturated rings. The molecule has 34 heavy (non-hydrogen) atoms. The monoisotopic (exact) mass is 498 g/mol. The van der Waals surface area contributed by atoms with Crippen molar-refractivity contribution in [2.75, 3.05) is 0 Å². The van der Waals surface area contributed by atoms with E-state index in [1.165, 1.54) is 0 Å². The molecule has 7 nitrogen and oxygen atoms in total. The fraction of sp³-hybridized carbons (Fsp3) is 0.565. The molecule has 0 radical (unpaired) electrons. The third kappa shape index (κ3) is 3.67. The molecular formula is C23H22ClF3N2O5. The Labute approximate surface area is 197 Å². The molecular weight excluding hydrogens is 477 g/mol. The quantitative estimate of drug-likeness (QED) is 0.639. The first-order chi connectivity index (χ1) is 16.0. The molecule has 1 aliphatic heterocycles. The third-order valence-corrected chi connectivity index (χ3v) is 7.77. The largest absolute Gasteiger partial charge is 0.522 e. The highest BCUT2D eigenvalue weighted by Gasteiger charge is 2.71. The number of aliphatic hydroxyl groups excluding tert-OH is 1. The molecule has 182 valence electrons. The fourth-order valence-electron chi connectivity index (χ4n) is 5.88. The zero-order valence-electron chi connectivity index (χ0n) is 17.9. The van der Waals surface area contributed by atoms with E-state index in [1.54, 1.807) is 24.4 Å². The number of nitrogens with zero attached hydrogens (tertiary/aromatic N) is 1. The zero-order chi connectivity index (χ0) is 23.9. The van der Waals surface area contributed by atoms with Crippen molar-refractivity contribution < 1.29 is 37.0 Å². The van der Waals surface area contributed by atoms with E-state index in [1.807, 2.05) is 0 Å². The summed E-state index contributed by atoms with van der Waals surface area (Å²) in [5, 5.41) is 14.0. The molecule has 0 saturated heterocycles. The number of hydrogen-bond donors (Lipinski definition) is 2. The number of ether oxygens (including phenoxy) is 2. The lowest BCUT2D eigenvalue weighted by Crippen LogP contribution is -2.77. The average Bonchev–Trinajstić information content (AvgIpc) is 3.14. The molecule has 11 heteroatoms. The van der Waals surface area contributed by atoms with Gasteiger partial charge in [0, 0.05) is 33.9 Å². The van der Waals surface area contributed by atoms with E-state index in [9.17, 15) is 23.1 Å². The van der Waals surface area contributed by atoms with E-state index in [4.69, 9.17) is 20.8 Å². The maximum absolute atomic E-state index is 12.9. The number of oxazole rings is 1. The number of nitrogens with one attached hydrogen (secondary N) is 1. The van der Waals surface area contributed by atoms with Gasteiger partial charge in [-0.1, -0.05) is 11.6 Å². The molecule has 2 heterocycles. The number of benzene rings is 1. The van der Waals surface area contributed by atoms with Gasteiger partial charge in [0.15, 0.2) is 12.0 Å². The summed E-state index contributed by atoms with van der Waals surface area (Å²) >= 11 is 5.98. The number of rotatable bonds is 5. The number of carbonyl (C=O) groups excluding carboxylic acids is 1. The first-order valence-corrected chi connectivity index (χ1v) is 11.6. The van der Waals surface area contributed by atoms with E-state index in [-0.39, 0.29) is 42.0 Å². The summed E-state index contributed by atoms with van der Waals surface area (Å²) < 4.78 is 52.7. The van der Waals surface area contributed by atoms with Crippen LogP contribution >= 0.6 is 11.6 Å². The van der Waals surface area contributed by atoms with Crippen molar-refractivity contribution >= 4 is 17.5 Å². The molecule has 0 spiro atoms. The van der Waals surface area contributed by atoms with Gasteiger partial charge in [0.2, 0.25) is 0 Å². The van der Waals surface area contributed by atoms with Crippen LogP contribution in [0.1, 0.15) is 67.8 Å². The molecule has 2 N–H and O–H groups in total. The number of amides is 1. The number of hydrogen-bond acceptors (Lipinski definition) is 6. The molecule has 1 amide bonds. The lowest BCUT2D eigenvalue weighted by Gasteiger charge is -2.69. The molecule has 2 atom stereocenters. The smallest absolute Gasteiger partial charge is 0.480 e. The Bertz CT molecular complexity index is 1130. The molecule has 7 rings (SSSR count). The van der Waals surface area contributed by atoms with E-state index in [0.717, 1.165) is 0 Å². The van der Waals surface area contributed by atoms with Gasteiger partial charge in [-0.15, -0.1) is 13.2 Å². The average molecular weight is 499 g/mol. The predicted octanol–water partition coefficient (Wildman–Crippen LogP) is 4.29. The SMILES string of the molecule is O=C(NC12CC(c3cnc(C4CC(OC(F)(F)F)C4)o3)(C1)C2)[C@@H]1C[C@@H](O)c2cc(Cl)ccc2O1. The Morgan fingerprint density at radius 3 is 2.68 bits per heavy atom. The molecule has 4 aliphatic carbocycles. The van der Waals surface area contributed by atoms with Crippen LogP contribution in [0.3, 0.4) is 0 Å². The van der Waals surface area contributed by atoms with E-state index in [2.05, 4.69) is 15.0 Å². The van der Waals surface area contributed by atoms with Gasteiger partial charge in [0.1, 0.15) is 11.5 Å². The van der Waals surface area contributed by atoms with Crippen molar-refractivity contribution in [2.45, 2.75) is 80.1 Å². The predicted molar refractivity (Wildman–Crippen MR) is 111 cm³/mol. The third-order valence-electron chi connectivity index (χ3n) is 7.54. The van der Waals surface area contributed by atoms with E-state index >= 15 is 0 Å². The van der Waals surface area contributed by atoms with Crippen molar-refractivity contribution in [3.63, 3.8) is 0 Å². The Morgan fingerprint density at radius 2 is 1.97 bits per heavy atom. The van der Waals surface area contributed by atoms with Crippen LogP contribution in [0.5, 0.6) is 5.75 Å². The topological polar surface area (TPSA) is 93.8 Å². The Balaban J connectivity index is 1.03. The Kier molecular flexibility index (Phi) is 4.80. The number of aliphatic hydroxyl groups is 1. The summed E-state index contributed by atoms with van der Waals surface area (Å²) in [6.45, 7) is 0. The van der Waals surface area contributed by atoms with Crippen LogP contribution in [0.4, 0.5) is 13.2 Å². The molecule has 2 aromatic rings. The first kappa shape index (κ1) is 22.2. The summed E-state index contributed by atoms with van der Waals surface area (Å²) in [6, 6.07) is 4.94. The van der Waals surface area contributed by atoms with Gasteiger partial charge >= 0.3 is 6.36 Å². The normalized spacial score (nSPS) is 35.8. The zero-order valence-corrected chi connectivity index (χ0v) is 18.7. The standard InChI is InChI=1S/C23H22ClF3N2O5/c24-12-1-2-16-14(5-12)15(30)6-17(32-16)19(31)29-22-8-21(9-22,10-22)18-7-28-20(33-18)11-3-13(4-11)34-23(25,26)27/h1-2,5,7,11,13,15,17,30H,3-4,6,8-10H2,(H,29,31)/t11?,13?,15-,17+,21?,22?/m1/s1. The maximum atomic E-state index is 12.9. The molecule has 2 bridgehead atoms. The lowest BCUT2D eigenvalue weighted by molar-refractivity contribution is -0.352. The van der Waals surface area contributed by atoms with Crippen LogP contribution in [-0.2, 0) is 14.9 Å². The second-order valence-corrected chi connectivity index (χ2v) is 10.5. The van der Waals surface area contributed by atoms with Crippen LogP contribution in [0.15, 0.2) is 28.8 Å². The van der Waals surface area contributed by atoms with Crippen molar-refractivity contribution in [2.24, 2.45) is 0 Å². The molecule has 1 aromatic heterocycles. The number of alkyl halides is 3. The van der Waals surface area contributed by atoms with Gasteiger partial charge in [-0.3, -0.25) is 9.53 Å². The van der Waals surface area contributed by atoms with Gasteiger partial charge in [0.05, 0.1) is 18.4 Å². The first-order valence-electron chi connectivity index (χ1n) is 11.2. The highest BCUT2D eigenvalue weighted by atomic mass is 35.5. The van der Waals surface area contributed by atoms with Crippen LogP contribution < -0.4 is 10.1 Å². The second kappa shape index (κ2) is 7.35. The van der Waals surface area contributed by atoms with E-state index < -0.39 is 24.7 Å². The minimum absolute atomic E-state index is 0.145. The summed E-state index contributed by atoms with van der Waals surface area (Å²) in [4.78, 5) is 17.1. The van der Waals surface area contributed by atoms with Crippen LogP contribution in [0.25, 0.3) is 0 Å². The number of halogens is 4. The lowest BCUT2D eigenvalue weighted by atomic mass is 9.38. The molecule has 1 aromatic carbocycles. The minimum atomic E-state index is -4.63. The van der Waals surface area contributed by atoms with E-state index in [0.29, 0.717) is 47.2 Å². The van der Waals surface area contributed by atoms with Crippen LogP contribution in [0, 0.1) is 0 Å². The maximum Gasteiger partial charge on any atom is 0.522 e. The van der Waals surface area contributed by atoms with Crippen molar-refractivity contribution in [3.05, 3.63) is 46.6 Å². The van der Waals surface area contributed by atoms with Crippen molar-refractivity contribution in [1.29, 1.82) is 0 Å². The summed E-state index contributed by atoms with van der Waals surface area (Å²) in [6.07, 6.45) is -2.74. The van der Waals surface area contributed by atoms with Crippen molar-refractivity contribution in [1.82, 2.24) is 10.3 Å². The van der Waals surface area contributed by atoms with Gasteiger partial charge in [-0.2, -0.15) is 0 Å². The minimum Gasteiger partial charge on any atom is -0.480 e. The van der Waals surface area contributed by atoms with Gasteiger partial charge in [-0.05, 0) is 50.3 Å². The van der Waals surface area contributed by atoms with Gasteiger partial charge < -0.3 is 19.6 Å². The highest BCUT2D eigenvalue weighted by Crippen LogP contribution is 2.68. The van der Waals surface area contributed by atoms with Gasteiger partial charge in [-0.25, -0.2) is 4.98 Å². The fourth-order valence-corrected chi connectivity index (χ4v) is 6.06. The number of carbonyl (C=O) groups is 1. The highest BCUT2D eigenvalue weighted by molar-refractivity contribution is 6.30. The van der Waals surface area contributed by atoms with Gasteiger partial charge in [0.25, 0.3) is 5.91 Å². The van der Waals surface area contributed by atoms with Crippen LogP contribution in [0.2, 0.25) is 5.02 Å². The van der Waals surface area contributed by atoms with Crippen molar-refractivity contribution in [3.8, 4) is 5.75 Å². The summed E-state index contributed by atoms with van der Waals surface area (Å²) in [5.41, 5.74) is 0.0474. The summed E-state index contributed by atoms with van der Waals surface area (Å²) in [7, 11) is 0.